The number of halogens is 1. The molecule has 7 heteroatoms. The van der Waals surface area contributed by atoms with Crippen molar-refractivity contribution in [1.29, 1.82) is 0 Å². The summed E-state index contributed by atoms with van der Waals surface area (Å²) in [5, 5.41) is 0.455. The molecule has 4 rings (SSSR count). The molecule has 2 aliphatic heterocycles. The Balaban J connectivity index is 1.35. The first-order valence-electron chi connectivity index (χ1n) is 8.43. The maximum Gasteiger partial charge on any atom is 0.231 e. The van der Waals surface area contributed by atoms with Crippen molar-refractivity contribution >= 4 is 34.0 Å². The summed E-state index contributed by atoms with van der Waals surface area (Å²) in [4.78, 5) is 14.3. The molecule has 1 amide bonds. The van der Waals surface area contributed by atoms with Gasteiger partial charge in [-0.3, -0.25) is 9.00 Å². The SMILES string of the molecule is O=C(CCS(=O)Cc1cc(Cl)c2c(c1)OCO2)N1CCc2ccccc21. The van der Waals surface area contributed by atoms with E-state index in [0.29, 0.717) is 34.6 Å². The highest BCUT2D eigenvalue weighted by Crippen LogP contribution is 2.40. The topological polar surface area (TPSA) is 55.8 Å². The zero-order chi connectivity index (χ0) is 18.1. The van der Waals surface area contributed by atoms with Gasteiger partial charge in [0.05, 0.1) is 5.02 Å². The first kappa shape index (κ1) is 17.4. The molecule has 2 heterocycles. The maximum absolute atomic E-state index is 12.5. The molecule has 1 atom stereocenters. The Labute approximate surface area is 159 Å². The lowest BCUT2D eigenvalue weighted by molar-refractivity contribution is -0.118. The number of benzene rings is 2. The van der Waals surface area contributed by atoms with Crippen LogP contribution in [0.15, 0.2) is 36.4 Å². The molecule has 0 spiro atoms. The van der Waals surface area contributed by atoms with E-state index in [2.05, 4.69) is 0 Å². The Morgan fingerprint density at radius 3 is 2.96 bits per heavy atom. The summed E-state index contributed by atoms with van der Waals surface area (Å²) in [6, 6.07) is 11.5. The molecule has 26 heavy (non-hydrogen) atoms. The van der Waals surface area contributed by atoms with Crippen LogP contribution in [-0.2, 0) is 27.8 Å². The summed E-state index contributed by atoms with van der Waals surface area (Å²) in [5.41, 5.74) is 2.99. The highest BCUT2D eigenvalue weighted by molar-refractivity contribution is 7.84. The van der Waals surface area contributed by atoms with E-state index in [-0.39, 0.29) is 19.1 Å². The van der Waals surface area contributed by atoms with Gasteiger partial charge in [-0.1, -0.05) is 29.8 Å². The molecule has 5 nitrogen and oxygen atoms in total. The molecular weight excluding hydrogens is 374 g/mol. The predicted octanol–water partition coefficient (Wildman–Crippen LogP) is 3.30. The van der Waals surface area contributed by atoms with E-state index in [1.165, 1.54) is 5.56 Å². The fourth-order valence-electron chi connectivity index (χ4n) is 3.30. The molecule has 2 aromatic rings. The number of carbonyl (C=O) groups is 1. The number of rotatable bonds is 5. The van der Waals surface area contributed by atoms with Crippen LogP contribution < -0.4 is 14.4 Å². The van der Waals surface area contributed by atoms with Crippen molar-refractivity contribution in [2.24, 2.45) is 0 Å². The quantitative estimate of drug-likeness (QED) is 0.784. The number of anilines is 1. The van der Waals surface area contributed by atoms with Crippen LogP contribution in [-0.4, -0.2) is 29.2 Å². The zero-order valence-electron chi connectivity index (χ0n) is 14.1. The monoisotopic (exact) mass is 391 g/mol. The summed E-state index contributed by atoms with van der Waals surface area (Å²) < 4.78 is 23.0. The fraction of sp³-hybridized carbons (Fsp3) is 0.316. The van der Waals surface area contributed by atoms with Crippen LogP contribution in [0.4, 0.5) is 5.69 Å². The lowest BCUT2D eigenvalue weighted by Gasteiger charge is -2.17. The molecule has 0 fully saturated rings. The zero-order valence-corrected chi connectivity index (χ0v) is 15.6. The van der Waals surface area contributed by atoms with Gasteiger partial charge in [-0.05, 0) is 35.7 Å². The smallest absolute Gasteiger partial charge is 0.231 e. The molecule has 0 aromatic heterocycles. The van der Waals surface area contributed by atoms with Crippen molar-refractivity contribution in [3.63, 3.8) is 0 Å². The van der Waals surface area contributed by atoms with Gasteiger partial charge < -0.3 is 14.4 Å². The number of hydrogen-bond donors (Lipinski definition) is 0. The van der Waals surface area contributed by atoms with Gasteiger partial charge in [0, 0.05) is 41.0 Å². The van der Waals surface area contributed by atoms with Gasteiger partial charge in [0.1, 0.15) is 0 Å². The average molecular weight is 392 g/mol. The molecule has 0 aliphatic carbocycles. The van der Waals surface area contributed by atoms with Gasteiger partial charge in [-0.15, -0.1) is 0 Å². The van der Waals surface area contributed by atoms with Crippen LogP contribution in [0.5, 0.6) is 11.5 Å². The molecule has 136 valence electrons. The number of hydrogen-bond acceptors (Lipinski definition) is 4. The number of carbonyl (C=O) groups excluding carboxylic acids is 1. The van der Waals surface area contributed by atoms with E-state index in [1.807, 2.05) is 24.3 Å². The summed E-state index contributed by atoms with van der Waals surface area (Å²) in [6.07, 6.45) is 1.14. The summed E-state index contributed by atoms with van der Waals surface area (Å²) in [7, 11) is -1.16. The number of para-hydroxylation sites is 1. The minimum absolute atomic E-state index is 0.0204. The minimum Gasteiger partial charge on any atom is -0.454 e. The summed E-state index contributed by atoms with van der Waals surface area (Å²) in [5.74, 6) is 1.79. The van der Waals surface area contributed by atoms with E-state index in [1.54, 1.807) is 17.0 Å². The van der Waals surface area contributed by atoms with Crippen LogP contribution >= 0.6 is 11.6 Å². The van der Waals surface area contributed by atoms with Gasteiger partial charge >= 0.3 is 0 Å². The predicted molar refractivity (Wildman–Crippen MR) is 101 cm³/mol. The molecule has 1 unspecified atom stereocenters. The molecule has 0 saturated carbocycles. The molecular formula is C19H18ClNO4S. The minimum atomic E-state index is -1.16. The summed E-state index contributed by atoms with van der Waals surface area (Å²) in [6.45, 7) is 0.843. The third kappa shape index (κ3) is 3.44. The second-order valence-electron chi connectivity index (χ2n) is 6.27. The van der Waals surface area contributed by atoms with Crippen molar-refractivity contribution in [1.82, 2.24) is 0 Å². The van der Waals surface area contributed by atoms with Gasteiger partial charge in [0.2, 0.25) is 12.7 Å². The van der Waals surface area contributed by atoms with Crippen molar-refractivity contribution in [2.45, 2.75) is 18.6 Å². The van der Waals surface area contributed by atoms with E-state index in [4.69, 9.17) is 21.1 Å². The highest BCUT2D eigenvalue weighted by atomic mass is 35.5. The van der Waals surface area contributed by atoms with Gasteiger partial charge in [-0.2, -0.15) is 0 Å². The lowest BCUT2D eigenvalue weighted by Crippen LogP contribution is -2.29. The third-order valence-corrected chi connectivity index (χ3v) is 6.14. The van der Waals surface area contributed by atoms with Gasteiger partial charge in [-0.25, -0.2) is 0 Å². The van der Waals surface area contributed by atoms with Crippen LogP contribution in [0.1, 0.15) is 17.5 Å². The third-order valence-electron chi connectivity index (χ3n) is 4.55. The van der Waals surface area contributed by atoms with Gasteiger partial charge in [0.15, 0.2) is 11.5 Å². The van der Waals surface area contributed by atoms with Crippen LogP contribution in [0.25, 0.3) is 0 Å². The first-order valence-corrected chi connectivity index (χ1v) is 10.3. The molecule has 2 aromatic carbocycles. The molecule has 0 saturated heterocycles. The second kappa shape index (κ2) is 7.29. The Morgan fingerprint density at radius 2 is 2.08 bits per heavy atom. The second-order valence-corrected chi connectivity index (χ2v) is 8.26. The first-order chi connectivity index (χ1) is 12.6. The van der Waals surface area contributed by atoms with Crippen molar-refractivity contribution in [2.75, 3.05) is 24.0 Å². The summed E-state index contributed by atoms with van der Waals surface area (Å²) >= 11 is 6.16. The van der Waals surface area contributed by atoms with Crippen LogP contribution in [0, 0.1) is 0 Å². The maximum atomic E-state index is 12.5. The normalized spacial score (nSPS) is 15.8. The van der Waals surface area contributed by atoms with E-state index in [9.17, 15) is 9.00 Å². The van der Waals surface area contributed by atoms with Crippen LogP contribution in [0.3, 0.4) is 0 Å². The Hall–Kier alpha value is -2.05. The largest absolute Gasteiger partial charge is 0.454 e. The number of ether oxygens (including phenoxy) is 2. The molecule has 2 aliphatic rings. The number of nitrogens with zero attached hydrogens (tertiary/aromatic N) is 1. The highest BCUT2D eigenvalue weighted by Gasteiger charge is 2.24. The van der Waals surface area contributed by atoms with Crippen LogP contribution in [0.2, 0.25) is 5.02 Å². The number of amides is 1. The van der Waals surface area contributed by atoms with E-state index in [0.717, 1.165) is 17.7 Å². The molecule has 0 radical (unpaired) electrons. The van der Waals surface area contributed by atoms with Crippen molar-refractivity contribution < 1.29 is 18.5 Å². The van der Waals surface area contributed by atoms with Crippen molar-refractivity contribution in [3.8, 4) is 11.5 Å². The number of fused-ring (bicyclic) bond motifs is 2. The Kier molecular flexibility index (Phi) is 4.87. The fourth-order valence-corrected chi connectivity index (χ4v) is 4.67. The standard InChI is InChI=1S/C19H18ClNO4S/c20-15-9-13(10-17-19(15)25-12-24-17)11-26(23)8-6-18(22)21-7-5-14-3-1-2-4-16(14)21/h1-4,9-10H,5-8,11-12H2. The molecule has 0 N–H and O–H groups in total. The lowest BCUT2D eigenvalue weighted by atomic mass is 10.2. The average Bonchev–Trinajstić information content (AvgIpc) is 3.26. The van der Waals surface area contributed by atoms with Crippen molar-refractivity contribution in [3.05, 3.63) is 52.5 Å². The Bertz CT molecular complexity index is 886. The van der Waals surface area contributed by atoms with E-state index < -0.39 is 10.8 Å². The van der Waals surface area contributed by atoms with Gasteiger partial charge in [0.25, 0.3) is 0 Å². The Morgan fingerprint density at radius 1 is 1.23 bits per heavy atom. The molecule has 0 bridgehead atoms. The van der Waals surface area contributed by atoms with E-state index >= 15 is 0 Å².